The number of piperidine rings is 1. The minimum Gasteiger partial charge on any atom is -0.376 e. The molecule has 0 saturated carbocycles. The first-order valence-electron chi connectivity index (χ1n) is 6.94. The largest absolute Gasteiger partial charge is 0.376 e. The van der Waals surface area contributed by atoms with Crippen molar-refractivity contribution in [1.29, 1.82) is 0 Å². The number of benzene rings is 1. The van der Waals surface area contributed by atoms with E-state index in [0.717, 1.165) is 26.1 Å². The van der Waals surface area contributed by atoms with Gasteiger partial charge in [0.15, 0.2) is 0 Å². The summed E-state index contributed by atoms with van der Waals surface area (Å²) in [7, 11) is 0. The van der Waals surface area contributed by atoms with Crippen molar-refractivity contribution < 1.29 is 4.74 Å². The van der Waals surface area contributed by atoms with Gasteiger partial charge in [-0.2, -0.15) is 0 Å². The summed E-state index contributed by atoms with van der Waals surface area (Å²) in [6, 6.07) is 11.4. The van der Waals surface area contributed by atoms with E-state index in [1.54, 1.807) is 0 Å². The molecule has 0 bridgehead atoms. The van der Waals surface area contributed by atoms with Gasteiger partial charge in [-0.05, 0) is 32.4 Å². The molecular weight excluding hydrogens is 224 g/mol. The summed E-state index contributed by atoms with van der Waals surface area (Å²) < 4.78 is 5.81. The van der Waals surface area contributed by atoms with E-state index in [1.807, 2.05) is 0 Å². The lowest BCUT2D eigenvalue weighted by atomic mass is 10.0. The van der Waals surface area contributed by atoms with E-state index in [0.29, 0.717) is 12.1 Å². The summed E-state index contributed by atoms with van der Waals surface area (Å²) in [6.45, 7) is 7.09. The molecule has 0 aromatic heterocycles. The zero-order valence-corrected chi connectivity index (χ0v) is 11.4. The van der Waals surface area contributed by atoms with Crippen LogP contribution in [0.4, 0.5) is 0 Å². The van der Waals surface area contributed by atoms with Crippen LogP contribution in [0.2, 0.25) is 0 Å². The Balaban J connectivity index is 1.94. The molecule has 1 aromatic rings. The Labute approximate surface area is 110 Å². The minimum atomic E-state index is 0.287. The van der Waals surface area contributed by atoms with Crippen molar-refractivity contribution >= 4 is 0 Å². The molecule has 1 saturated heterocycles. The van der Waals surface area contributed by atoms with Crippen molar-refractivity contribution in [2.75, 3.05) is 19.7 Å². The van der Waals surface area contributed by atoms with Gasteiger partial charge in [-0.15, -0.1) is 0 Å². The molecule has 3 heteroatoms. The van der Waals surface area contributed by atoms with Gasteiger partial charge in [0.05, 0.1) is 6.10 Å². The molecule has 3 nitrogen and oxygen atoms in total. The van der Waals surface area contributed by atoms with Gasteiger partial charge in [0, 0.05) is 25.2 Å². The SMILES string of the molecule is CCO[C@@H]1CNCC[C@@H]1NC(C)c1ccccc1. The Morgan fingerprint density at radius 1 is 1.39 bits per heavy atom. The average molecular weight is 248 g/mol. The Morgan fingerprint density at radius 3 is 2.89 bits per heavy atom. The lowest BCUT2D eigenvalue weighted by Crippen LogP contribution is -2.52. The van der Waals surface area contributed by atoms with Crippen molar-refractivity contribution in [2.45, 2.75) is 38.5 Å². The quantitative estimate of drug-likeness (QED) is 0.837. The van der Waals surface area contributed by atoms with Crippen molar-refractivity contribution in [3.05, 3.63) is 35.9 Å². The van der Waals surface area contributed by atoms with Crippen LogP contribution in [-0.4, -0.2) is 31.8 Å². The highest BCUT2D eigenvalue weighted by Crippen LogP contribution is 2.16. The Morgan fingerprint density at radius 2 is 2.17 bits per heavy atom. The Kier molecular flexibility index (Phi) is 5.17. The molecule has 0 radical (unpaired) electrons. The number of nitrogens with one attached hydrogen (secondary N) is 2. The normalized spacial score (nSPS) is 25.9. The van der Waals surface area contributed by atoms with E-state index in [1.165, 1.54) is 5.56 Å². The van der Waals surface area contributed by atoms with Crippen LogP contribution in [-0.2, 0) is 4.74 Å². The fraction of sp³-hybridized carbons (Fsp3) is 0.600. The smallest absolute Gasteiger partial charge is 0.0852 e. The van der Waals surface area contributed by atoms with Gasteiger partial charge >= 0.3 is 0 Å². The molecule has 0 amide bonds. The third kappa shape index (κ3) is 3.55. The Hall–Kier alpha value is -0.900. The first kappa shape index (κ1) is 13.5. The third-order valence-corrected chi connectivity index (χ3v) is 3.57. The molecule has 1 aromatic carbocycles. The second-order valence-electron chi connectivity index (χ2n) is 4.89. The van der Waals surface area contributed by atoms with Gasteiger partial charge in [-0.1, -0.05) is 30.3 Å². The zero-order chi connectivity index (χ0) is 12.8. The predicted molar refractivity (Wildman–Crippen MR) is 74.7 cm³/mol. The monoisotopic (exact) mass is 248 g/mol. The van der Waals surface area contributed by atoms with E-state index < -0.39 is 0 Å². The first-order valence-corrected chi connectivity index (χ1v) is 6.94. The van der Waals surface area contributed by atoms with Gasteiger partial charge in [0.2, 0.25) is 0 Å². The average Bonchev–Trinajstić information content (AvgIpc) is 2.42. The van der Waals surface area contributed by atoms with Crippen LogP contribution in [0.1, 0.15) is 31.9 Å². The molecule has 1 aliphatic heterocycles. The molecule has 3 atom stereocenters. The van der Waals surface area contributed by atoms with Crippen molar-refractivity contribution in [1.82, 2.24) is 10.6 Å². The Bertz CT molecular complexity index is 340. The highest BCUT2D eigenvalue weighted by Gasteiger charge is 2.26. The maximum Gasteiger partial charge on any atom is 0.0852 e. The highest BCUT2D eigenvalue weighted by molar-refractivity contribution is 5.18. The molecule has 1 heterocycles. The predicted octanol–water partition coefficient (Wildman–Crippen LogP) is 2.10. The number of hydrogen-bond donors (Lipinski definition) is 2. The second-order valence-corrected chi connectivity index (χ2v) is 4.89. The summed E-state index contributed by atoms with van der Waals surface area (Å²) >= 11 is 0. The molecule has 18 heavy (non-hydrogen) atoms. The molecule has 2 rings (SSSR count). The van der Waals surface area contributed by atoms with Gasteiger partial charge in [0.1, 0.15) is 0 Å². The van der Waals surface area contributed by atoms with Crippen LogP contribution in [0.15, 0.2) is 30.3 Å². The van der Waals surface area contributed by atoms with Crippen LogP contribution < -0.4 is 10.6 Å². The van der Waals surface area contributed by atoms with E-state index in [2.05, 4.69) is 54.8 Å². The summed E-state index contributed by atoms with van der Waals surface area (Å²) in [4.78, 5) is 0. The molecule has 0 aliphatic carbocycles. The maximum absolute atomic E-state index is 5.81. The fourth-order valence-corrected chi connectivity index (χ4v) is 2.57. The number of hydrogen-bond acceptors (Lipinski definition) is 3. The van der Waals surface area contributed by atoms with Crippen LogP contribution in [0.25, 0.3) is 0 Å². The lowest BCUT2D eigenvalue weighted by Gasteiger charge is -2.34. The van der Waals surface area contributed by atoms with Crippen molar-refractivity contribution in [2.24, 2.45) is 0 Å². The molecule has 1 fully saturated rings. The topological polar surface area (TPSA) is 33.3 Å². The van der Waals surface area contributed by atoms with Gasteiger partial charge in [-0.25, -0.2) is 0 Å². The second kappa shape index (κ2) is 6.88. The maximum atomic E-state index is 5.81. The number of rotatable bonds is 5. The first-order chi connectivity index (χ1) is 8.81. The summed E-state index contributed by atoms with van der Waals surface area (Å²) in [5.74, 6) is 0. The lowest BCUT2D eigenvalue weighted by molar-refractivity contribution is 0.0185. The molecule has 1 aliphatic rings. The molecule has 0 spiro atoms. The summed E-state index contributed by atoms with van der Waals surface area (Å²) in [5, 5.41) is 7.10. The van der Waals surface area contributed by atoms with E-state index in [4.69, 9.17) is 4.74 Å². The van der Waals surface area contributed by atoms with E-state index >= 15 is 0 Å². The third-order valence-electron chi connectivity index (χ3n) is 3.57. The summed E-state index contributed by atoms with van der Waals surface area (Å²) in [5.41, 5.74) is 1.34. The van der Waals surface area contributed by atoms with Crippen LogP contribution >= 0.6 is 0 Å². The van der Waals surface area contributed by atoms with Crippen molar-refractivity contribution in [3.63, 3.8) is 0 Å². The van der Waals surface area contributed by atoms with Crippen LogP contribution in [0.3, 0.4) is 0 Å². The zero-order valence-electron chi connectivity index (χ0n) is 11.4. The molecule has 100 valence electrons. The van der Waals surface area contributed by atoms with Gasteiger partial charge in [-0.3, -0.25) is 0 Å². The minimum absolute atomic E-state index is 0.287. The van der Waals surface area contributed by atoms with Gasteiger partial charge in [0.25, 0.3) is 0 Å². The highest BCUT2D eigenvalue weighted by atomic mass is 16.5. The fourth-order valence-electron chi connectivity index (χ4n) is 2.57. The molecule has 2 N–H and O–H groups in total. The van der Waals surface area contributed by atoms with Crippen LogP contribution in [0, 0.1) is 0 Å². The molecule has 1 unspecified atom stereocenters. The van der Waals surface area contributed by atoms with Gasteiger partial charge < -0.3 is 15.4 Å². The van der Waals surface area contributed by atoms with Crippen molar-refractivity contribution in [3.8, 4) is 0 Å². The van der Waals surface area contributed by atoms with Crippen LogP contribution in [0.5, 0.6) is 0 Å². The van der Waals surface area contributed by atoms with E-state index in [-0.39, 0.29) is 6.10 Å². The summed E-state index contributed by atoms with van der Waals surface area (Å²) in [6.07, 6.45) is 1.41. The van der Waals surface area contributed by atoms with E-state index in [9.17, 15) is 0 Å². The number of ether oxygens (including phenoxy) is 1. The molecular formula is C15H24N2O. The standard InChI is InChI=1S/C15H24N2O/c1-3-18-15-11-16-10-9-14(15)17-12(2)13-7-5-4-6-8-13/h4-8,12,14-17H,3,9-11H2,1-2H3/t12?,14-,15+/m0/s1.